The topological polar surface area (TPSA) is 35.5 Å². The Balaban J connectivity index is 1.95. The number of benzene rings is 1. The summed E-state index contributed by atoms with van der Waals surface area (Å²) in [7, 11) is 0. The van der Waals surface area contributed by atoms with Crippen molar-refractivity contribution in [1.29, 1.82) is 0 Å². The Labute approximate surface area is 121 Å². The van der Waals surface area contributed by atoms with Gasteiger partial charge in [-0.25, -0.2) is 0 Å². The molecule has 0 saturated carbocycles. The molecule has 102 valence electrons. The van der Waals surface area contributed by atoms with E-state index in [1.54, 1.807) is 0 Å². The highest BCUT2D eigenvalue weighted by Crippen LogP contribution is 2.36. The van der Waals surface area contributed by atoms with Crippen LogP contribution in [0.1, 0.15) is 29.3 Å². The number of carbonyl (C=O) groups excluding carboxylic acids is 1. The first-order chi connectivity index (χ1) is 9.16. The summed E-state index contributed by atoms with van der Waals surface area (Å²) in [5.41, 5.74) is 1.87. The van der Waals surface area contributed by atoms with Crippen molar-refractivity contribution in [3.63, 3.8) is 0 Å². The lowest BCUT2D eigenvalue weighted by molar-refractivity contribution is 0.0240. The van der Waals surface area contributed by atoms with Crippen LogP contribution in [0.2, 0.25) is 0 Å². The van der Waals surface area contributed by atoms with Gasteiger partial charge in [0.25, 0.3) is 0 Å². The van der Waals surface area contributed by atoms with Gasteiger partial charge in [0.1, 0.15) is 5.75 Å². The molecule has 1 aromatic carbocycles. The van der Waals surface area contributed by atoms with Crippen LogP contribution in [-0.4, -0.2) is 25.6 Å². The summed E-state index contributed by atoms with van der Waals surface area (Å²) < 4.78 is 12.0. The van der Waals surface area contributed by atoms with E-state index in [-0.39, 0.29) is 17.6 Å². The maximum atomic E-state index is 12.8. The lowest BCUT2D eigenvalue weighted by Gasteiger charge is -2.28. The van der Waals surface area contributed by atoms with Gasteiger partial charge in [0.2, 0.25) is 0 Å². The van der Waals surface area contributed by atoms with Gasteiger partial charge in [0.05, 0.1) is 12.2 Å². The predicted octanol–water partition coefficient (Wildman–Crippen LogP) is 3.24. The number of halogens is 1. The highest BCUT2D eigenvalue weighted by molar-refractivity contribution is 9.10. The van der Waals surface area contributed by atoms with E-state index in [4.69, 9.17) is 9.47 Å². The van der Waals surface area contributed by atoms with Gasteiger partial charge in [-0.1, -0.05) is 22.9 Å². The van der Waals surface area contributed by atoms with Gasteiger partial charge in [-0.3, -0.25) is 4.79 Å². The van der Waals surface area contributed by atoms with Gasteiger partial charge in [-0.2, -0.15) is 0 Å². The molecular formula is C15H17BrO3. The molecule has 2 aliphatic heterocycles. The van der Waals surface area contributed by atoms with Crippen molar-refractivity contribution in [3.8, 4) is 5.75 Å². The maximum absolute atomic E-state index is 12.8. The van der Waals surface area contributed by atoms with Crippen molar-refractivity contribution in [2.45, 2.75) is 19.8 Å². The third kappa shape index (κ3) is 2.43. The van der Waals surface area contributed by atoms with E-state index < -0.39 is 0 Å². The summed E-state index contributed by atoms with van der Waals surface area (Å²) in [6, 6.07) is 3.95. The third-order valence-corrected chi connectivity index (χ3v) is 4.45. The van der Waals surface area contributed by atoms with Crippen molar-refractivity contribution in [2.75, 3.05) is 19.8 Å². The fourth-order valence-electron chi connectivity index (χ4n) is 2.92. The summed E-state index contributed by atoms with van der Waals surface area (Å²) in [6.45, 7) is 4.11. The third-order valence-electron chi connectivity index (χ3n) is 3.99. The minimum atomic E-state index is 0.0522. The summed E-state index contributed by atoms with van der Waals surface area (Å²) in [5, 5.41) is 0. The second-order valence-electron chi connectivity index (χ2n) is 5.35. The smallest absolute Gasteiger partial charge is 0.170 e. The van der Waals surface area contributed by atoms with E-state index in [0.29, 0.717) is 19.8 Å². The first-order valence-electron chi connectivity index (χ1n) is 6.74. The molecule has 0 aromatic heterocycles. The Morgan fingerprint density at radius 3 is 3.00 bits per heavy atom. The number of carbonyl (C=O) groups is 1. The summed E-state index contributed by atoms with van der Waals surface area (Å²) in [5.74, 6) is 1.33. The van der Waals surface area contributed by atoms with Crippen LogP contribution in [-0.2, 0) is 11.2 Å². The summed E-state index contributed by atoms with van der Waals surface area (Å²) >= 11 is 3.49. The first-order valence-corrected chi connectivity index (χ1v) is 7.53. The minimum Gasteiger partial charge on any atom is -0.492 e. The van der Waals surface area contributed by atoms with Gasteiger partial charge >= 0.3 is 0 Å². The van der Waals surface area contributed by atoms with Crippen LogP contribution >= 0.6 is 15.9 Å². The Hall–Kier alpha value is -0.870. The average Bonchev–Trinajstić information content (AvgIpc) is 2.85. The number of Topliss-reactive ketones (excluding diaryl/α,β-unsaturated/α-hetero) is 1. The van der Waals surface area contributed by atoms with E-state index in [2.05, 4.69) is 22.9 Å². The maximum Gasteiger partial charge on any atom is 0.170 e. The molecule has 4 heteroatoms. The summed E-state index contributed by atoms with van der Waals surface area (Å²) in [4.78, 5) is 12.8. The van der Waals surface area contributed by atoms with Crippen LogP contribution in [0.25, 0.3) is 0 Å². The SMILES string of the molecule is CC1COCCC1C(=O)c1cc(Br)cc2c1OCC2. The number of hydrogen-bond donors (Lipinski definition) is 0. The summed E-state index contributed by atoms with van der Waals surface area (Å²) in [6.07, 6.45) is 1.69. The van der Waals surface area contributed by atoms with Crippen LogP contribution < -0.4 is 4.74 Å². The number of ketones is 1. The van der Waals surface area contributed by atoms with Crippen molar-refractivity contribution >= 4 is 21.7 Å². The molecule has 2 unspecified atom stereocenters. The highest BCUT2D eigenvalue weighted by atomic mass is 79.9. The number of ether oxygens (including phenoxy) is 2. The lowest BCUT2D eigenvalue weighted by atomic mass is 9.83. The number of hydrogen-bond acceptors (Lipinski definition) is 3. The van der Waals surface area contributed by atoms with Gasteiger partial charge in [-0.15, -0.1) is 0 Å². The van der Waals surface area contributed by atoms with Gasteiger partial charge < -0.3 is 9.47 Å². The number of rotatable bonds is 2. The minimum absolute atomic E-state index is 0.0522. The van der Waals surface area contributed by atoms with E-state index in [9.17, 15) is 4.79 Å². The average molecular weight is 325 g/mol. The van der Waals surface area contributed by atoms with E-state index in [1.165, 1.54) is 0 Å². The van der Waals surface area contributed by atoms with Crippen molar-refractivity contribution in [2.24, 2.45) is 11.8 Å². The molecule has 2 heterocycles. The Morgan fingerprint density at radius 2 is 2.21 bits per heavy atom. The molecule has 2 atom stereocenters. The monoisotopic (exact) mass is 324 g/mol. The molecule has 1 saturated heterocycles. The second kappa shape index (κ2) is 5.25. The van der Waals surface area contributed by atoms with Crippen LogP contribution in [0.4, 0.5) is 0 Å². The van der Waals surface area contributed by atoms with Crippen molar-refractivity contribution in [1.82, 2.24) is 0 Å². The van der Waals surface area contributed by atoms with E-state index in [1.807, 2.05) is 12.1 Å². The molecule has 3 rings (SSSR count). The fraction of sp³-hybridized carbons (Fsp3) is 0.533. The Morgan fingerprint density at radius 1 is 1.37 bits per heavy atom. The molecule has 1 aromatic rings. The second-order valence-corrected chi connectivity index (χ2v) is 6.27. The molecule has 3 nitrogen and oxygen atoms in total. The first kappa shape index (κ1) is 13.1. The molecule has 0 aliphatic carbocycles. The van der Waals surface area contributed by atoms with Crippen molar-refractivity contribution in [3.05, 3.63) is 27.7 Å². The molecule has 0 radical (unpaired) electrons. The molecule has 0 bridgehead atoms. The zero-order chi connectivity index (χ0) is 13.4. The molecule has 1 fully saturated rings. The lowest BCUT2D eigenvalue weighted by Crippen LogP contribution is -2.31. The van der Waals surface area contributed by atoms with Gasteiger partial charge in [0, 0.05) is 30.0 Å². The predicted molar refractivity (Wildman–Crippen MR) is 75.8 cm³/mol. The van der Waals surface area contributed by atoms with Gasteiger partial charge in [-0.05, 0) is 30.0 Å². The highest BCUT2D eigenvalue weighted by Gasteiger charge is 2.32. The quantitative estimate of drug-likeness (QED) is 0.783. The largest absolute Gasteiger partial charge is 0.492 e. The Kier molecular flexibility index (Phi) is 3.63. The number of fused-ring (bicyclic) bond motifs is 1. The van der Waals surface area contributed by atoms with E-state index >= 15 is 0 Å². The zero-order valence-electron chi connectivity index (χ0n) is 10.9. The van der Waals surface area contributed by atoms with Crippen LogP contribution in [0, 0.1) is 11.8 Å². The fourth-order valence-corrected chi connectivity index (χ4v) is 3.43. The molecule has 19 heavy (non-hydrogen) atoms. The van der Waals surface area contributed by atoms with Crippen LogP contribution in [0.5, 0.6) is 5.75 Å². The van der Waals surface area contributed by atoms with E-state index in [0.717, 1.165) is 34.2 Å². The van der Waals surface area contributed by atoms with Gasteiger partial charge in [0.15, 0.2) is 5.78 Å². The molecule has 2 aliphatic rings. The molecule has 0 N–H and O–H groups in total. The van der Waals surface area contributed by atoms with Crippen molar-refractivity contribution < 1.29 is 14.3 Å². The van der Waals surface area contributed by atoms with Crippen LogP contribution in [0.3, 0.4) is 0 Å². The Bertz CT molecular complexity index is 512. The standard InChI is InChI=1S/C15H17BrO3/c1-9-8-18-4-3-12(9)14(17)13-7-11(16)6-10-2-5-19-15(10)13/h6-7,9,12H,2-5,8H2,1H3. The van der Waals surface area contributed by atoms with Crippen LogP contribution in [0.15, 0.2) is 16.6 Å². The molecule has 0 amide bonds. The molecular weight excluding hydrogens is 308 g/mol. The normalized spacial score (nSPS) is 25.8. The zero-order valence-corrected chi connectivity index (χ0v) is 12.5. The molecule has 0 spiro atoms.